The second kappa shape index (κ2) is 5.24. The predicted octanol–water partition coefficient (Wildman–Crippen LogP) is 1.39. The van der Waals surface area contributed by atoms with E-state index in [9.17, 15) is 9.59 Å². The quantitative estimate of drug-likeness (QED) is 0.700. The fourth-order valence-electron chi connectivity index (χ4n) is 1.17. The number of ether oxygens (including phenoxy) is 1. The van der Waals surface area contributed by atoms with E-state index in [1.165, 1.54) is 20.2 Å². The third-order valence-corrected chi connectivity index (χ3v) is 1.98. The van der Waals surface area contributed by atoms with Crippen LogP contribution < -0.4 is 0 Å². The van der Waals surface area contributed by atoms with Gasteiger partial charge in [-0.3, -0.25) is 4.98 Å². The molecule has 15 heavy (non-hydrogen) atoms. The van der Waals surface area contributed by atoms with Crippen LogP contribution in [0.1, 0.15) is 29.3 Å². The highest BCUT2D eigenvalue weighted by atomic mass is 16.5. The van der Waals surface area contributed by atoms with E-state index in [0.29, 0.717) is 18.4 Å². The van der Waals surface area contributed by atoms with Crippen molar-refractivity contribution in [2.45, 2.75) is 19.8 Å². The van der Waals surface area contributed by atoms with Gasteiger partial charge >= 0.3 is 5.97 Å². The van der Waals surface area contributed by atoms with E-state index in [2.05, 4.69) is 9.72 Å². The first-order valence-corrected chi connectivity index (χ1v) is 4.65. The number of aromatic nitrogens is 1. The maximum Gasteiger partial charge on any atom is 0.339 e. The minimum Gasteiger partial charge on any atom is -0.465 e. The molecule has 0 unspecified atom stereocenters. The molecule has 0 radical (unpaired) electrons. The molecule has 1 rings (SSSR count). The normalized spacial score (nSPS) is 9.73. The fraction of sp³-hybridized carbons (Fsp3) is 0.364. The second-order valence-corrected chi connectivity index (χ2v) is 3.28. The van der Waals surface area contributed by atoms with Crippen molar-refractivity contribution in [1.29, 1.82) is 0 Å². The number of ketones is 1. The molecule has 80 valence electrons. The van der Waals surface area contributed by atoms with Gasteiger partial charge in [0, 0.05) is 18.8 Å². The van der Waals surface area contributed by atoms with Crippen molar-refractivity contribution in [3.8, 4) is 0 Å². The summed E-state index contributed by atoms with van der Waals surface area (Å²) in [4.78, 5) is 25.9. The van der Waals surface area contributed by atoms with Crippen molar-refractivity contribution in [2.75, 3.05) is 7.11 Å². The van der Waals surface area contributed by atoms with E-state index in [-0.39, 0.29) is 5.78 Å². The summed E-state index contributed by atoms with van der Waals surface area (Å²) >= 11 is 0. The van der Waals surface area contributed by atoms with Crippen LogP contribution in [-0.4, -0.2) is 23.8 Å². The van der Waals surface area contributed by atoms with Crippen LogP contribution in [0.5, 0.6) is 0 Å². The number of hydrogen-bond donors (Lipinski definition) is 0. The number of esters is 1. The zero-order chi connectivity index (χ0) is 11.3. The minimum absolute atomic E-state index is 0.124. The van der Waals surface area contributed by atoms with Crippen LogP contribution in [0, 0.1) is 0 Å². The largest absolute Gasteiger partial charge is 0.465 e. The number of hydrogen-bond acceptors (Lipinski definition) is 4. The Bertz CT molecular complexity index is 374. The lowest BCUT2D eigenvalue weighted by molar-refractivity contribution is -0.116. The van der Waals surface area contributed by atoms with Gasteiger partial charge < -0.3 is 9.53 Å². The van der Waals surface area contributed by atoms with E-state index >= 15 is 0 Å². The van der Waals surface area contributed by atoms with Gasteiger partial charge in [-0.05, 0) is 25.0 Å². The monoisotopic (exact) mass is 207 g/mol. The number of aryl methyl sites for hydroxylation is 1. The molecule has 0 aromatic carbocycles. The Labute approximate surface area is 88.3 Å². The van der Waals surface area contributed by atoms with Gasteiger partial charge in [-0.1, -0.05) is 0 Å². The van der Waals surface area contributed by atoms with Crippen LogP contribution in [0.4, 0.5) is 0 Å². The smallest absolute Gasteiger partial charge is 0.339 e. The second-order valence-electron chi connectivity index (χ2n) is 3.28. The topological polar surface area (TPSA) is 56.3 Å². The Hall–Kier alpha value is -1.71. The Morgan fingerprint density at radius 3 is 2.73 bits per heavy atom. The summed E-state index contributed by atoms with van der Waals surface area (Å²) in [6.45, 7) is 1.54. The minimum atomic E-state index is -0.410. The molecule has 0 fully saturated rings. The highest BCUT2D eigenvalue weighted by molar-refractivity contribution is 5.89. The predicted molar refractivity (Wildman–Crippen MR) is 54.6 cm³/mol. The number of rotatable bonds is 4. The zero-order valence-corrected chi connectivity index (χ0v) is 8.82. The molecule has 1 heterocycles. The van der Waals surface area contributed by atoms with E-state index in [1.54, 1.807) is 12.3 Å². The van der Waals surface area contributed by atoms with Crippen molar-refractivity contribution >= 4 is 11.8 Å². The summed E-state index contributed by atoms with van der Waals surface area (Å²) in [5, 5.41) is 0. The van der Waals surface area contributed by atoms with Crippen molar-refractivity contribution in [3.05, 3.63) is 29.6 Å². The number of pyridine rings is 1. The molecule has 0 amide bonds. The fourth-order valence-corrected chi connectivity index (χ4v) is 1.17. The highest BCUT2D eigenvalue weighted by Gasteiger charge is 2.06. The molecule has 0 bridgehead atoms. The number of nitrogens with zero attached hydrogens (tertiary/aromatic N) is 1. The molecule has 0 atom stereocenters. The molecule has 4 nitrogen and oxygen atoms in total. The van der Waals surface area contributed by atoms with Crippen molar-refractivity contribution in [3.63, 3.8) is 0 Å². The summed E-state index contributed by atoms with van der Waals surface area (Å²) in [6, 6.07) is 1.70. The summed E-state index contributed by atoms with van der Waals surface area (Å²) in [5.74, 6) is -0.286. The van der Waals surface area contributed by atoms with Crippen LogP contribution >= 0.6 is 0 Å². The maximum absolute atomic E-state index is 11.2. The third kappa shape index (κ3) is 3.50. The first kappa shape index (κ1) is 11.4. The van der Waals surface area contributed by atoms with Gasteiger partial charge in [0.25, 0.3) is 0 Å². The van der Waals surface area contributed by atoms with Gasteiger partial charge in [0.1, 0.15) is 5.78 Å². The van der Waals surface area contributed by atoms with Crippen molar-refractivity contribution in [1.82, 2.24) is 4.98 Å². The summed E-state index contributed by atoms with van der Waals surface area (Å²) in [6.07, 6.45) is 4.16. The molecular weight excluding hydrogens is 194 g/mol. The van der Waals surface area contributed by atoms with Gasteiger partial charge in [-0.15, -0.1) is 0 Å². The average Bonchev–Trinajstić information content (AvgIpc) is 2.25. The van der Waals surface area contributed by atoms with Crippen LogP contribution in [-0.2, 0) is 16.0 Å². The molecule has 0 aliphatic rings. The van der Waals surface area contributed by atoms with E-state index < -0.39 is 5.97 Å². The van der Waals surface area contributed by atoms with E-state index in [1.807, 2.05) is 0 Å². The van der Waals surface area contributed by atoms with Gasteiger partial charge in [-0.2, -0.15) is 0 Å². The lowest BCUT2D eigenvalue weighted by Crippen LogP contribution is -2.03. The number of Topliss-reactive ketones (excluding diaryl/α,β-unsaturated/α-hetero) is 1. The molecular formula is C11H13NO3. The average molecular weight is 207 g/mol. The summed E-state index contributed by atoms with van der Waals surface area (Å²) in [7, 11) is 1.32. The zero-order valence-electron chi connectivity index (χ0n) is 8.82. The van der Waals surface area contributed by atoms with Gasteiger partial charge in [0.05, 0.1) is 12.7 Å². The molecule has 1 aromatic rings. The number of methoxy groups -OCH3 is 1. The highest BCUT2D eigenvalue weighted by Crippen LogP contribution is 2.06. The van der Waals surface area contributed by atoms with Gasteiger partial charge in [0.2, 0.25) is 0 Å². The maximum atomic E-state index is 11.2. The standard InChI is InChI=1S/C11H13NO3/c1-8(13)3-4-9-5-10(7-12-6-9)11(14)15-2/h5-7H,3-4H2,1-2H3. The molecule has 0 aliphatic heterocycles. The third-order valence-electron chi connectivity index (χ3n) is 1.98. The summed E-state index contributed by atoms with van der Waals surface area (Å²) < 4.78 is 4.57. The summed E-state index contributed by atoms with van der Waals surface area (Å²) in [5.41, 5.74) is 1.28. The molecule has 1 aromatic heterocycles. The first-order chi connectivity index (χ1) is 7.13. The molecule has 0 spiro atoms. The lowest BCUT2D eigenvalue weighted by atomic mass is 10.1. The van der Waals surface area contributed by atoms with Crippen LogP contribution in [0.25, 0.3) is 0 Å². The Kier molecular flexibility index (Phi) is 3.97. The van der Waals surface area contributed by atoms with Crippen LogP contribution in [0.3, 0.4) is 0 Å². The van der Waals surface area contributed by atoms with Gasteiger partial charge in [0.15, 0.2) is 0 Å². The number of carbonyl (C=O) groups excluding carboxylic acids is 2. The molecule has 4 heteroatoms. The Balaban J connectivity index is 2.74. The molecule has 0 saturated heterocycles. The molecule has 0 saturated carbocycles. The van der Waals surface area contributed by atoms with E-state index in [0.717, 1.165) is 5.56 Å². The Morgan fingerprint density at radius 2 is 2.13 bits per heavy atom. The molecule has 0 N–H and O–H groups in total. The van der Waals surface area contributed by atoms with Gasteiger partial charge in [-0.25, -0.2) is 4.79 Å². The van der Waals surface area contributed by atoms with Crippen molar-refractivity contribution in [2.24, 2.45) is 0 Å². The number of carbonyl (C=O) groups is 2. The SMILES string of the molecule is COC(=O)c1cncc(CCC(C)=O)c1. The Morgan fingerprint density at radius 1 is 1.40 bits per heavy atom. The van der Waals surface area contributed by atoms with Crippen LogP contribution in [0.2, 0.25) is 0 Å². The first-order valence-electron chi connectivity index (χ1n) is 4.65. The van der Waals surface area contributed by atoms with Crippen molar-refractivity contribution < 1.29 is 14.3 Å². The molecule has 0 aliphatic carbocycles. The van der Waals surface area contributed by atoms with Crippen LogP contribution in [0.15, 0.2) is 18.5 Å². The van der Waals surface area contributed by atoms with E-state index in [4.69, 9.17) is 0 Å². The lowest BCUT2D eigenvalue weighted by Gasteiger charge is -2.01.